The number of aliphatic carboxylic acids is 1. The summed E-state index contributed by atoms with van der Waals surface area (Å²) in [4.78, 5) is 14.0. The molecule has 16 heavy (non-hydrogen) atoms. The Hall–Kier alpha value is -1.46. The summed E-state index contributed by atoms with van der Waals surface area (Å²) in [6, 6.07) is 7.13. The van der Waals surface area contributed by atoms with Gasteiger partial charge in [0.25, 0.3) is 0 Å². The summed E-state index contributed by atoms with van der Waals surface area (Å²) in [6.45, 7) is 0. The lowest BCUT2D eigenvalue weighted by Gasteiger charge is -2.09. The van der Waals surface area contributed by atoms with Crippen molar-refractivity contribution in [3.05, 3.63) is 36.0 Å². The maximum absolute atomic E-state index is 10.9. The van der Waals surface area contributed by atoms with Crippen LogP contribution in [0.25, 0.3) is 10.9 Å². The first-order chi connectivity index (χ1) is 7.72. The van der Waals surface area contributed by atoms with E-state index in [0.29, 0.717) is 6.42 Å². The van der Waals surface area contributed by atoms with E-state index in [0.717, 1.165) is 16.5 Å². The standard InChI is InChI=1S/C11H12N2O2S/c14-11(15)10(13-16)5-7-6-12-9-4-2-1-3-8(7)9/h1-4,6,10,12-13,16H,5H2,(H,14,15)/t10-/m0/s1. The molecular weight excluding hydrogens is 224 g/mol. The van der Waals surface area contributed by atoms with E-state index >= 15 is 0 Å². The van der Waals surface area contributed by atoms with Gasteiger partial charge in [-0.15, -0.1) is 0 Å². The summed E-state index contributed by atoms with van der Waals surface area (Å²) in [5, 5.41) is 9.98. The van der Waals surface area contributed by atoms with Crippen LogP contribution in [0.1, 0.15) is 5.56 Å². The molecule has 4 nitrogen and oxygen atoms in total. The molecule has 0 saturated heterocycles. The van der Waals surface area contributed by atoms with Gasteiger partial charge in [-0.25, -0.2) is 0 Å². The lowest BCUT2D eigenvalue weighted by atomic mass is 10.1. The van der Waals surface area contributed by atoms with Gasteiger partial charge in [0.1, 0.15) is 6.04 Å². The van der Waals surface area contributed by atoms with Gasteiger partial charge < -0.3 is 10.1 Å². The number of hydrogen-bond acceptors (Lipinski definition) is 3. The van der Waals surface area contributed by atoms with E-state index in [1.165, 1.54) is 0 Å². The third-order valence-corrected chi connectivity index (χ3v) is 2.86. The maximum Gasteiger partial charge on any atom is 0.321 e. The second-order valence-corrected chi connectivity index (χ2v) is 3.84. The first-order valence-electron chi connectivity index (χ1n) is 4.90. The summed E-state index contributed by atoms with van der Waals surface area (Å²) in [5.74, 6) is -0.903. The number of fused-ring (bicyclic) bond motifs is 1. The van der Waals surface area contributed by atoms with Crippen molar-refractivity contribution in [2.45, 2.75) is 12.5 Å². The Morgan fingerprint density at radius 1 is 1.50 bits per heavy atom. The summed E-state index contributed by atoms with van der Waals surface area (Å²) < 4.78 is 2.49. The molecule has 0 fully saturated rings. The quantitative estimate of drug-likeness (QED) is 0.610. The zero-order chi connectivity index (χ0) is 11.5. The monoisotopic (exact) mass is 236 g/mol. The minimum atomic E-state index is -0.903. The van der Waals surface area contributed by atoms with Crippen molar-refractivity contribution < 1.29 is 9.90 Å². The molecule has 84 valence electrons. The molecule has 2 aromatic rings. The number of aromatic nitrogens is 1. The average Bonchev–Trinajstić information content (AvgIpc) is 2.69. The predicted octanol–water partition coefficient (Wildman–Crippen LogP) is 1.60. The van der Waals surface area contributed by atoms with Gasteiger partial charge >= 0.3 is 5.97 Å². The second kappa shape index (κ2) is 4.59. The number of para-hydroxylation sites is 1. The van der Waals surface area contributed by atoms with E-state index < -0.39 is 12.0 Å². The number of hydrogen-bond donors (Lipinski definition) is 4. The van der Waals surface area contributed by atoms with Crippen molar-refractivity contribution in [2.75, 3.05) is 0 Å². The number of aromatic amines is 1. The summed E-state index contributed by atoms with van der Waals surface area (Å²) in [7, 11) is 0. The number of thiol groups is 1. The molecule has 1 heterocycles. The van der Waals surface area contributed by atoms with Gasteiger partial charge in [0, 0.05) is 23.5 Å². The van der Waals surface area contributed by atoms with E-state index in [9.17, 15) is 4.79 Å². The first-order valence-corrected chi connectivity index (χ1v) is 5.34. The summed E-state index contributed by atoms with van der Waals surface area (Å²) >= 11 is 3.82. The molecule has 0 aliphatic heterocycles. The highest BCUT2D eigenvalue weighted by Gasteiger charge is 2.17. The van der Waals surface area contributed by atoms with Crippen LogP contribution in [-0.2, 0) is 11.2 Å². The van der Waals surface area contributed by atoms with Crippen molar-refractivity contribution in [3.8, 4) is 0 Å². The van der Waals surface area contributed by atoms with Gasteiger partial charge in [0.2, 0.25) is 0 Å². The van der Waals surface area contributed by atoms with Crippen LogP contribution in [0.5, 0.6) is 0 Å². The Labute approximate surface area is 98.2 Å². The van der Waals surface area contributed by atoms with Gasteiger partial charge in [-0.05, 0) is 11.6 Å². The normalized spacial score (nSPS) is 12.8. The highest BCUT2D eigenvalue weighted by molar-refractivity contribution is 7.78. The van der Waals surface area contributed by atoms with Crippen molar-refractivity contribution in [3.63, 3.8) is 0 Å². The maximum atomic E-state index is 10.9. The Balaban J connectivity index is 2.30. The Bertz CT molecular complexity index is 509. The molecule has 0 amide bonds. The second-order valence-electron chi connectivity index (χ2n) is 3.58. The van der Waals surface area contributed by atoms with Crippen LogP contribution < -0.4 is 4.72 Å². The molecule has 1 atom stereocenters. The van der Waals surface area contributed by atoms with E-state index in [-0.39, 0.29) is 0 Å². The molecule has 0 saturated carbocycles. The van der Waals surface area contributed by atoms with Crippen LogP contribution in [0.4, 0.5) is 0 Å². The zero-order valence-electron chi connectivity index (χ0n) is 8.47. The fraction of sp³-hybridized carbons (Fsp3) is 0.182. The highest BCUT2D eigenvalue weighted by Crippen LogP contribution is 2.19. The van der Waals surface area contributed by atoms with Crippen LogP contribution >= 0.6 is 12.8 Å². The van der Waals surface area contributed by atoms with Crippen molar-refractivity contribution in [1.29, 1.82) is 0 Å². The molecule has 0 aliphatic carbocycles. The number of benzene rings is 1. The minimum absolute atomic E-state index is 0.406. The van der Waals surface area contributed by atoms with Gasteiger partial charge in [0.15, 0.2) is 0 Å². The van der Waals surface area contributed by atoms with Gasteiger partial charge in [-0.1, -0.05) is 31.0 Å². The Morgan fingerprint density at radius 3 is 2.94 bits per heavy atom. The van der Waals surface area contributed by atoms with E-state index in [1.807, 2.05) is 30.5 Å². The molecule has 0 bridgehead atoms. The van der Waals surface area contributed by atoms with Crippen LogP contribution in [-0.4, -0.2) is 22.1 Å². The molecule has 2 rings (SSSR count). The lowest BCUT2D eigenvalue weighted by Crippen LogP contribution is -2.32. The van der Waals surface area contributed by atoms with Gasteiger partial charge in [-0.3, -0.25) is 9.52 Å². The number of carboxylic acid groups (broad SMARTS) is 1. The van der Waals surface area contributed by atoms with E-state index in [1.54, 1.807) is 0 Å². The van der Waals surface area contributed by atoms with Crippen molar-refractivity contribution >= 4 is 29.7 Å². The first kappa shape index (κ1) is 11.0. The summed E-state index contributed by atoms with van der Waals surface area (Å²) in [6.07, 6.45) is 2.24. The highest BCUT2D eigenvalue weighted by atomic mass is 32.1. The third-order valence-electron chi connectivity index (χ3n) is 2.55. The SMILES string of the molecule is O=C(O)[C@H](Cc1c[nH]c2ccccc12)NS. The van der Waals surface area contributed by atoms with Crippen LogP contribution in [0.15, 0.2) is 30.5 Å². The molecule has 0 radical (unpaired) electrons. The molecular formula is C11H12N2O2S. The van der Waals surface area contributed by atoms with E-state index in [2.05, 4.69) is 22.5 Å². The minimum Gasteiger partial charge on any atom is -0.480 e. The number of nitrogens with one attached hydrogen (secondary N) is 2. The molecule has 3 N–H and O–H groups in total. The van der Waals surface area contributed by atoms with E-state index in [4.69, 9.17) is 5.11 Å². The summed E-state index contributed by atoms with van der Waals surface area (Å²) in [5.41, 5.74) is 1.99. The Morgan fingerprint density at radius 2 is 2.25 bits per heavy atom. The lowest BCUT2D eigenvalue weighted by molar-refractivity contribution is -0.138. The largest absolute Gasteiger partial charge is 0.480 e. The average molecular weight is 236 g/mol. The topological polar surface area (TPSA) is 65.1 Å². The predicted molar refractivity (Wildman–Crippen MR) is 65.5 cm³/mol. The zero-order valence-corrected chi connectivity index (χ0v) is 9.37. The molecule has 0 aliphatic rings. The Kier molecular flexibility index (Phi) is 3.17. The van der Waals surface area contributed by atoms with Crippen LogP contribution in [0.2, 0.25) is 0 Å². The smallest absolute Gasteiger partial charge is 0.321 e. The van der Waals surface area contributed by atoms with Gasteiger partial charge in [0.05, 0.1) is 0 Å². The number of carbonyl (C=O) groups is 1. The number of carboxylic acids is 1. The number of H-pyrrole nitrogens is 1. The molecule has 1 aromatic heterocycles. The fourth-order valence-electron chi connectivity index (χ4n) is 1.71. The molecule has 5 heteroatoms. The third kappa shape index (κ3) is 2.05. The van der Waals surface area contributed by atoms with Gasteiger partial charge in [-0.2, -0.15) is 0 Å². The fourth-order valence-corrected chi connectivity index (χ4v) is 1.91. The van der Waals surface area contributed by atoms with Crippen molar-refractivity contribution in [2.24, 2.45) is 0 Å². The van der Waals surface area contributed by atoms with Crippen LogP contribution in [0.3, 0.4) is 0 Å². The molecule has 0 spiro atoms. The van der Waals surface area contributed by atoms with Crippen molar-refractivity contribution in [1.82, 2.24) is 9.71 Å². The molecule has 1 aromatic carbocycles. The number of rotatable bonds is 4. The van der Waals surface area contributed by atoms with Crippen LogP contribution in [0, 0.1) is 0 Å². The molecule has 0 unspecified atom stereocenters.